The Labute approximate surface area is 112 Å². The first kappa shape index (κ1) is 13.5. The third kappa shape index (κ3) is 2.74. The van der Waals surface area contributed by atoms with Gasteiger partial charge in [-0.05, 0) is 32.1 Å². The summed E-state index contributed by atoms with van der Waals surface area (Å²) in [4.78, 5) is 17.1. The van der Waals surface area contributed by atoms with Gasteiger partial charge in [-0.1, -0.05) is 26.2 Å². The molecule has 1 aromatic rings. The molecule has 1 aliphatic carbocycles. The van der Waals surface area contributed by atoms with Gasteiger partial charge in [0.15, 0.2) is 0 Å². The Morgan fingerprint density at radius 3 is 3.00 bits per heavy atom. The minimum atomic E-state index is -0.619. The molecule has 0 radical (unpaired) electrons. The van der Waals surface area contributed by atoms with E-state index in [1.807, 2.05) is 13.1 Å². The molecular formula is C14H21NO2S. The number of hydrogen-bond acceptors (Lipinski definition) is 3. The van der Waals surface area contributed by atoms with Crippen LogP contribution in [0.5, 0.6) is 0 Å². The molecule has 2 rings (SSSR count). The highest BCUT2D eigenvalue weighted by Crippen LogP contribution is 2.44. The van der Waals surface area contributed by atoms with E-state index in [2.05, 4.69) is 11.9 Å². The highest BCUT2D eigenvalue weighted by Gasteiger charge is 2.42. The summed E-state index contributed by atoms with van der Waals surface area (Å²) in [5, 5.41) is 10.7. The van der Waals surface area contributed by atoms with E-state index < -0.39 is 11.4 Å². The third-order valence-corrected chi connectivity index (χ3v) is 5.07. The molecule has 2 atom stereocenters. The Morgan fingerprint density at radius 1 is 1.67 bits per heavy atom. The Hall–Kier alpha value is -0.900. The molecule has 18 heavy (non-hydrogen) atoms. The van der Waals surface area contributed by atoms with Crippen molar-refractivity contribution in [1.29, 1.82) is 0 Å². The van der Waals surface area contributed by atoms with Crippen LogP contribution < -0.4 is 0 Å². The summed E-state index contributed by atoms with van der Waals surface area (Å²) in [7, 11) is 0. The molecule has 0 aliphatic heterocycles. The molecule has 1 heterocycles. The summed E-state index contributed by atoms with van der Waals surface area (Å²) < 4.78 is 0. The summed E-state index contributed by atoms with van der Waals surface area (Å²) in [5.74, 6) is -0.0458. The summed E-state index contributed by atoms with van der Waals surface area (Å²) >= 11 is 1.63. The molecule has 4 heteroatoms. The number of carboxylic acids is 1. The second-order valence-electron chi connectivity index (χ2n) is 5.48. The molecule has 0 aromatic carbocycles. The Morgan fingerprint density at radius 2 is 2.44 bits per heavy atom. The predicted octanol–water partition coefficient (Wildman–Crippen LogP) is 3.67. The average molecular weight is 267 g/mol. The van der Waals surface area contributed by atoms with Gasteiger partial charge in [0.1, 0.15) is 0 Å². The van der Waals surface area contributed by atoms with E-state index in [0.717, 1.165) is 35.6 Å². The molecule has 2 unspecified atom stereocenters. The maximum atomic E-state index is 11.7. The van der Waals surface area contributed by atoms with Gasteiger partial charge in [0.05, 0.1) is 10.4 Å². The van der Waals surface area contributed by atoms with Crippen molar-refractivity contribution in [2.75, 3.05) is 0 Å². The largest absolute Gasteiger partial charge is 0.481 e. The molecule has 3 nitrogen and oxygen atoms in total. The SMILES string of the molecule is CCC1CCCC(Cc2cnc(C)s2)(C(=O)O)C1. The predicted molar refractivity (Wildman–Crippen MR) is 72.9 cm³/mol. The fourth-order valence-electron chi connectivity index (χ4n) is 3.09. The van der Waals surface area contributed by atoms with Crippen molar-refractivity contribution in [2.24, 2.45) is 11.3 Å². The van der Waals surface area contributed by atoms with Gasteiger partial charge in [0.25, 0.3) is 0 Å². The Balaban J connectivity index is 2.18. The summed E-state index contributed by atoms with van der Waals surface area (Å²) in [6, 6.07) is 0. The van der Waals surface area contributed by atoms with Crippen molar-refractivity contribution in [3.05, 3.63) is 16.1 Å². The lowest BCUT2D eigenvalue weighted by Crippen LogP contribution is -2.38. The minimum Gasteiger partial charge on any atom is -0.481 e. The zero-order valence-corrected chi connectivity index (χ0v) is 11.9. The molecule has 1 aromatic heterocycles. The van der Waals surface area contributed by atoms with Crippen molar-refractivity contribution in [1.82, 2.24) is 4.98 Å². The molecule has 100 valence electrons. The van der Waals surface area contributed by atoms with Crippen LogP contribution in [0.3, 0.4) is 0 Å². The maximum absolute atomic E-state index is 11.7. The number of hydrogen-bond donors (Lipinski definition) is 1. The molecule has 1 aliphatic rings. The smallest absolute Gasteiger partial charge is 0.310 e. The quantitative estimate of drug-likeness (QED) is 0.905. The van der Waals surface area contributed by atoms with Crippen molar-refractivity contribution in [2.45, 2.75) is 52.4 Å². The van der Waals surface area contributed by atoms with E-state index in [9.17, 15) is 9.90 Å². The lowest BCUT2D eigenvalue weighted by Gasteiger charge is -2.37. The highest BCUT2D eigenvalue weighted by atomic mass is 32.1. The minimum absolute atomic E-state index is 0.544. The average Bonchev–Trinajstić information content (AvgIpc) is 2.74. The Bertz CT molecular complexity index is 429. The summed E-state index contributed by atoms with van der Waals surface area (Å²) in [6.07, 6.45) is 7.47. The summed E-state index contributed by atoms with van der Waals surface area (Å²) in [5.41, 5.74) is -0.544. The lowest BCUT2D eigenvalue weighted by molar-refractivity contribution is -0.152. The van der Waals surface area contributed by atoms with Crippen molar-refractivity contribution in [3.63, 3.8) is 0 Å². The van der Waals surface area contributed by atoms with Crippen LogP contribution in [0, 0.1) is 18.3 Å². The van der Waals surface area contributed by atoms with Crippen molar-refractivity contribution in [3.8, 4) is 0 Å². The maximum Gasteiger partial charge on any atom is 0.310 e. The second-order valence-corrected chi connectivity index (χ2v) is 6.80. The van der Waals surface area contributed by atoms with Gasteiger partial charge in [-0.25, -0.2) is 4.98 Å². The molecular weight excluding hydrogens is 246 g/mol. The number of aryl methyl sites for hydroxylation is 1. The molecule has 0 spiro atoms. The van der Waals surface area contributed by atoms with E-state index in [1.165, 1.54) is 6.42 Å². The number of aliphatic carboxylic acids is 1. The van der Waals surface area contributed by atoms with Crippen molar-refractivity contribution < 1.29 is 9.90 Å². The van der Waals surface area contributed by atoms with Gasteiger partial charge >= 0.3 is 5.97 Å². The lowest BCUT2D eigenvalue weighted by atomic mass is 9.67. The standard InChI is InChI=1S/C14H21NO2S/c1-3-11-5-4-6-14(7-11,13(16)17)8-12-9-15-10(2)18-12/h9,11H,3-8H2,1-2H3,(H,16,17). The number of carboxylic acid groups (broad SMARTS) is 1. The van der Waals surface area contributed by atoms with Gasteiger partial charge in [-0.2, -0.15) is 0 Å². The van der Waals surface area contributed by atoms with Crippen LogP contribution in [0.4, 0.5) is 0 Å². The van der Waals surface area contributed by atoms with Crippen LogP contribution in [0.1, 0.15) is 48.9 Å². The normalized spacial score (nSPS) is 28.2. The molecule has 1 saturated carbocycles. The van der Waals surface area contributed by atoms with E-state index >= 15 is 0 Å². The van der Waals surface area contributed by atoms with Gasteiger partial charge in [-0.15, -0.1) is 11.3 Å². The van der Waals surface area contributed by atoms with Gasteiger partial charge in [-0.3, -0.25) is 4.79 Å². The second kappa shape index (κ2) is 5.39. The highest BCUT2D eigenvalue weighted by molar-refractivity contribution is 7.11. The topological polar surface area (TPSA) is 50.2 Å². The van der Waals surface area contributed by atoms with Crippen LogP contribution in [0.2, 0.25) is 0 Å². The molecule has 0 bridgehead atoms. The van der Waals surface area contributed by atoms with Gasteiger partial charge in [0, 0.05) is 11.1 Å². The monoisotopic (exact) mass is 267 g/mol. The van der Waals surface area contributed by atoms with E-state index in [1.54, 1.807) is 11.3 Å². The molecule has 1 N–H and O–H groups in total. The summed E-state index contributed by atoms with van der Waals surface area (Å²) in [6.45, 7) is 4.14. The van der Waals surface area contributed by atoms with Crippen LogP contribution >= 0.6 is 11.3 Å². The van der Waals surface area contributed by atoms with E-state index in [4.69, 9.17) is 0 Å². The van der Waals surface area contributed by atoms with Gasteiger partial charge < -0.3 is 5.11 Å². The van der Waals surface area contributed by atoms with Gasteiger partial charge in [0.2, 0.25) is 0 Å². The van der Waals surface area contributed by atoms with E-state index in [0.29, 0.717) is 12.3 Å². The Kier molecular flexibility index (Phi) is 4.05. The number of aromatic nitrogens is 1. The molecule has 1 fully saturated rings. The first-order valence-electron chi connectivity index (χ1n) is 6.70. The van der Waals surface area contributed by atoms with Crippen LogP contribution in [-0.2, 0) is 11.2 Å². The van der Waals surface area contributed by atoms with Crippen molar-refractivity contribution >= 4 is 17.3 Å². The first-order chi connectivity index (χ1) is 8.55. The first-order valence-corrected chi connectivity index (χ1v) is 7.52. The van der Waals surface area contributed by atoms with Crippen LogP contribution in [0.25, 0.3) is 0 Å². The number of thiazole rings is 1. The van der Waals surface area contributed by atoms with Crippen LogP contribution in [0.15, 0.2) is 6.20 Å². The molecule has 0 amide bonds. The number of carbonyl (C=O) groups is 1. The zero-order valence-electron chi connectivity index (χ0n) is 11.1. The third-order valence-electron chi connectivity index (χ3n) is 4.16. The molecule has 0 saturated heterocycles. The number of rotatable bonds is 4. The number of nitrogens with zero attached hydrogens (tertiary/aromatic N) is 1. The van der Waals surface area contributed by atoms with E-state index in [-0.39, 0.29) is 0 Å². The fraction of sp³-hybridized carbons (Fsp3) is 0.714. The van der Waals surface area contributed by atoms with Crippen LogP contribution in [-0.4, -0.2) is 16.1 Å². The fourth-order valence-corrected chi connectivity index (χ4v) is 4.02. The zero-order chi connectivity index (χ0) is 13.2.